The number of rotatable bonds is 5. The Morgan fingerprint density at radius 1 is 1.20 bits per heavy atom. The average Bonchev–Trinajstić information content (AvgIpc) is 2.63. The zero-order valence-electron chi connectivity index (χ0n) is 13.8. The molecule has 1 heterocycles. The van der Waals surface area contributed by atoms with E-state index in [0.29, 0.717) is 11.3 Å². The van der Waals surface area contributed by atoms with E-state index >= 15 is 0 Å². The summed E-state index contributed by atoms with van der Waals surface area (Å²) in [6.07, 6.45) is -0.134. The third kappa shape index (κ3) is 3.63. The first-order valence-corrected chi connectivity index (χ1v) is 7.83. The van der Waals surface area contributed by atoms with Gasteiger partial charge in [-0.3, -0.25) is 4.79 Å². The molecule has 4 N–H and O–H groups in total. The zero-order chi connectivity index (χ0) is 17.8. The fourth-order valence-corrected chi connectivity index (χ4v) is 2.87. The normalized spacial score (nSPS) is 16.8. The number of hydrogen-bond donors (Lipinski definition) is 3. The molecule has 0 bridgehead atoms. The van der Waals surface area contributed by atoms with Gasteiger partial charge in [-0.2, -0.15) is 0 Å². The van der Waals surface area contributed by atoms with E-state index in [4.69, 9.17) is 10.5 Å². The molecular weight excluding hydrogens is 318 g/mol. The highest BCUT2D eigenvalue weighted by Gasteiger charge is 2.27. The predicted molar refractivity (Wildman–Crippen MR) is 96.1 cm³/mol. The van der Waals surface area contributed by atoms with Crippen molar-refractivity contribution in [1.82, 2.24) is 5.32 Å². The molecule has 0 amide bonds. The molecule has 2 aromatic rings. The Balaban J connectivity index is 2.10. The highest BCUT2D eigenvalue weighted by molar-refractivity contribution is 5.93. The summed E-state index contributed by atoms with van der Waals surface area (Å²) < 4.78 is 5.18. The topological polar surface area (TPSA) is 96.9 Å². The van der Waals surface area contributed by atoms with Gasteiger partial charge in [-0.25, -0.2) is 4.99 Å². The van der Waals surface area contributed by atoms with Crippen molar-refractivity contribution in [3.05, 3.63) is 71.3 Å². The fourth-order valence-electron chi connectivity index (χ4n) is 2.87. The Hall–Kier alpha value is -3.28. The van der Waals surface area contributed by atoms with E-state index in [1.54, 1.807) is 7.11 Å². The van der Waals surface area contributed by atoms with Gasteiger partial charge in [0.05, 0.1) is 19.2 Å². The van der Waals surface area contributed by atoms with E-state index < -0.39 is 12.0 Å². The molecule has 1 atom stereocenters. The molecule has 128 valence electrons. The largest absolute Gasteiger partial charge is 0.497 e. The number of ether oxygens (including phenoxy) is 1. The predicted octanol–water partition coefficient (Wildman–Crippen LogP) is 2.54. The van der Waals surface area contributed by atoms with Crippen LogP contribution >= 0.6 is 0 Å². The molecule has 3 rings (SSSR count). The second-order valence-electron chi connectivity index (χ2n) is 5.65. The monoisotopic (exact) mass is 337 g/mol. The van der Waals surface area contributed by atoms with Crippen LogP contribution in [-0.4, -0.2) is 24.1 Å². The number of benzene rings is 2. The summed E-state index contributed by atoms with van der Waals surface area (Å²) in [5.41, 5.74) is 9.05. The highest BCUT2D eigenvalue weighted by Crippen LogP contribution is 2.36. The molecule has 0 spiro atoms. The van der Waals surface area contributed by atoms with Gasteiger partial charge in [-0.1, -0.05) is 42.5 Å². The standard InChI is InChI=1S/C19H19N3O3/c1-25-14-9-7-13(8-10-14)18-15(11-16(23)24)17(21-19(20)22-18)12-5-3-2-4-6-12/h2-10,18H,11H2,1H3,(H,23,24)(H3,20,21,22). The van der Waals surface area contributed by atoms with Gasteiger partial charge in [-0.15, -0.1) is 0 Å². The van der Waals surface area contributed by atoms with Crippen molar-refractivity contribution in [3.63, 3.8) is 0 Å². The van der Waals surface area contributed by atoms with Crippen molar-refractivity contribution >= 4 is 17.6 Å². The van der Waals surface area contributed by atoms with Crippen LogP contribution in [0.3, 0.4) is 0 Å². The summed E-state index contributed by atoms with van der Waals surface area (Å²) in [6.45, 7) is 0. The van der Waals surface area contributed by atoms with Crippen LogP contribution in [0.2, 0.25) is 0 Å². The number of methoxy groups -OCH3 is 1. The van der Waals surface area contributed by atoms with E-state index in [9.17, 15) is 9.90 Å². The number of guanidine groups is 1. The van der Waals surface area contributed by atoms with E-state index in [-0.39, 0.29) is 12.4 Å². The Labute approximate surface area is 145 Å². The van der Waals surface area contributed by atoms with Crippen LogP contribution in [0, 0.1) is 0 Å². The summed E-state index contributed by atoms with van der Waals surface area (Å²) in [7, 11) is 1.60. The first kappa shape index (κ1) is 16.6. The minimum Gasteiger partial charge on any atom is -0.497 e. The van der Waals surface area contributed by atoms with Crippen LogP contribution in [0.4, 0.5) is 0 Å². The molecule has 6 nitrogen and oxygen atoms in total. The molecule has 25 heavy (non-hydrogen) atoms. The van der Waals surface area contributed by atoms with Gasteiger partial charge in [0.25, 0.3) is 0 Å². The maximum atomic E-state index is 11.4. The Bertz CT molecular complexity index is 827. The van der Waals surface area contributed by atoms with Crippen molar-refractivity contribution in [2.75, 3.05) is 7.11 Å². The maximum Gasteiger partial charge on any atom is 0.307 e. The molecule has 0 aromatic heterocycles. The van der Waals surface area contributed by atoms with Gasteiger partial charge in [0.15, 0.2) is 5.96 Å². The number of nitrogens with one attached hydrogen (secondary N) is 1. The van der Waals surface area contributed by atoms with E-state index in [1.165, 1.54) is 0 Å². The summed E-state index contributed by atoms with van der Waals surface area (Å²) in [5, 5.41) is 12.4. The Kier molecular flexibility index (Phi) is 4.70. The van der Waals surface area contributed by atoms with Gasteiger partial charge in [-0.05, 0) is 28.8 Å². The zero-order valence-corrected chi connectivity index (χ0v) is 13.8. The molecule has 1 aliphatic heterocycles. The van der Waals surface area contributed by atoms with Crippen LogP contribution in [0.25, 0.3) is 5.70 Å². The number of nitrogens with two attached hydrogens (primary N) is 1. The number of aliphatic imine (C=N–C) groups is 1. The van der Waals surface area contributed by atoms with Gasteiger partial charge >= 0.3 is 5.97 Å². The van der Waals surface area contributed by atoms with Crippen LogP contribution in [0.1, 0.15) is 23.6 Å². The van der Waals surface area contributed by atoms with Gasteiger partial charge in [0.2, 0.25) is 0 Å². The van der Waals surface area contributed by atoms with E-state index in [1.807, 2.05) is 54.6 Å². The summed E-state index contributed by atoms with van der Waals surface area (Å²) in [6, 6.07) is 16.4. The van der Waals surface area contributed by atoms with Crippen molar-refractivity contribution in [2.45, 2.75) is 12.5 Å². The van der Waals surface area contributed by atoms with E-state index in [2.05, 4.69) is 10.3 Å². The maximum absolute atomic E-state index is 11.4. The SMILES string of the molecule is COc1ccc(C2N=C(N)NC(c3ccccc3)=C2CC(=O)O)cc1. The number of hydrogen-bond acceptors (Lipinski definition) is 5. The molecule has 1 unspecified atom stereocenters. The van der Waals surface area contributed by atoms with Crippen LogP contribution in [0.15, 0.2) is 65.2 Å². The van der Waals surface area contributed by atoms with Crippen molar-refractivity contribution in [3.8, 4) is 5.75 Å². The van der Waals surface area contributed by atoms with Crippen LogP contribution < -0.4 is 15.8 Å². The Morgan fingerprint density at radius 3 is 2.48 bits per heavy atom. The lowest BCUT2D eigenvalue weighted by atomic mass is 9.91. The van der Waals surface area contributed by atoms with Gasteiger partial charge < -0.3 is 20.9 Å². The smallest absolute Gasteiger partial charge is 0.307 e. The Morgan fingerprint density at radius 2 is 1.88 bits per heavy atom. The minimum atomic E-state index is -0.917. The minimum absolute atomic E-state index is 0.134. The lowest BCUT2D eigenvalue weighted by Gasteiger charge is -2.27. The molecule has 6 heteroatoms. The molecule has 0 fully saturated rings. The fraction of sp³-hybridized carbons (Fsp3) is 0.158. The number of carboxylic acid groups (broad SMARTS) is 1. The number of carboxylic acids is 1. The van der Waals surface area contributed by atoms with Gasteiger partial charge in [0, 0.05) is 0 Å². The third-order valence-corrected chi connectivity index (χ3v) is 4.01. The first-order valence-electron chi connectivity index (χ1n) is 7.83. The highest BCUT2D eigenvalue weighted by atomic mass is 16.5. The molecule has 0 aliphatic carbocycles. The number of aliphatic carboxylic acids is 1. The molecule has 2 aromatic carbocycles. The number of carbonyl (C=O) groups is 1. The summed E-state index contributed by atoms with van der Waals surface area (Å²) in [5.74, 6) is 0.0647. The van der Waals surface area contributed by atoms with E-state index in [0.717, 1.165) is 16.9 Å². The van der Waals surface area contributed by atoms with Gasteiger partial charge in [0.1, 0.15) is 11.8 Å². The lowest BCUT2D eigenvalue weighted by molar-refractivity contribution is -0.136. The van der Waals surface area contributed by atoms with Crippen molar-refractivity contribution < 1.29 is 14.6 Å². The average molecular weight is 337 g/mol. The quantitative estimate of drug-likeness (QED) is 0.779. The molecular formula is C19H19N3O3. The first-order chi connectivity index (χ1) is 12.1. The molecule has 1 aliphatic rings. The summed E-state index contributed by atoms with van der Waals surface area (Å²) >= 11 is 0. The lowest BCUT2D eigenvalue weighted by Crippen LogP contribution is -2.36. The van der Waals surface area contributed by atoms with Crippen LogP contribution in [-0.2, 0) is 4.79 Å². The van der Waals surface area contributed by atoms with Crippen LogP contribution in [0.5, 0.6) is 5.75 Å². The second kappa shape index (κ2) is 7.09. The summed E-state index contributed by atoms with van der Waals surface area (Å²) in [4.78, 5) is 15.9. The second-order valence-corrected chi connectivity index (χ2v) is 5.65. The third-order valence-electron chi connectivity index (χ3n) is 4.01. The molecule has 0 saturated carbocycles. The number of nitrogens with zero attached hydrogens (tertiary/aromatic N) is 1. The van der Waals surface area contributed by atoms with Crippen molar-refractivity contribution in [1.29, 1.82) is 0 Å². The molecule has 0 saturated heterocycles. The van der Waals surface area contributed by atoms with Crippen molar-refractivity contribution in [2.24, 2.45) is 10.7 Å². The molecule has 0 radical (unpaired) electrons.